The fourth-order valence-electron chi connectivity index (χ4n) is 1.93. The average Bonchev–Trinajstić information content (AvgIpc) is 2.34. The van der Waals surface area contributed by atoms with Crippen molar-refractivity contribution in [1.82, 2.24) is 4.90 Å². The number of nitrogens with zero attached hydrogens (tertiary/aromatic N) is 1. The fourth-order valence-corrected chi connectivity index (χ4v) is 1.93. The van der Waals surface area contributed by atoms with E-state index in [-0.39, 0.29) is 5.91 Å². The molecular formula is C14H21NO2. The van der Waals surface area contributed by atoms with Crippen molar-refractivity contribution >= 4 is 5.91 Å². The molecular weight excluding hydrogens is 214 g/mol. The van der Waals surface area contributed by atoms with Gasteiger partial charge in [0, 0.05) is 18.7 Å². The lowest BCUT2D eigenvalue weighted by Crippen LogP contribution is -2.31. The Morgan fingerprint density at radius 2 is 1.76 bits per heavy atom. The summed E-state index contributed by atoms with van der Waals surface area (Å²) < 4.78 is 5.25. The average molecular weight is 235 g/mol. The van der Waals surface area contributed by atoms with Crippen molar-refractivity contribution in [3.8, 4) is 5.75 Å². The molecule has 0 saturated carbocycles. The van der Waals surface area contributed by atoms with Gasteiger partial charge in [0.1, 0.15) is 5.75 Å². The van der Waals surface area contributed by atoms with E-state index in [2.05, 4.69) is 0 Å². The zero-order valence-electron chi connectivity index (χ0n) is 11.3. The molecule has 3 nitrogen and oxygen atoms in total. The maximum Gasteiger partial charge on any atom is 0.254 e. The summed E-state index contributed by atoms with van der Waals surface area (Å²) in [7, 11) is 1.65. The lowest BCUT2D eigenvalue weighted by atomic mass is 10.0. The molecule has 0 fully saturated rings. The molecule has 0 atom stereocenters. The topological polar surface area (TPSA) is 29.5 Å². The smallest absolute Gasteiger partial charge is 0.254 e. The number of hydrogen-bond donors (Lipinski definition) is 0. The highest BCUT2D eigenvalue weighted by atomic mass is 16.5. The van der Waals surface area contributed by atoms with Gasteiger partial charge in [-0.05, 0) is 51.0 Å². The van der Waals surface area contributed by atoms with Gasteiger partial charge >= 0.3 is 0 Å². The second kappa shape index (κ2) is 5.71. The van der Waals surface area contributed by atoms with Crippen molar-refractivity contribution < 1.29 is 9.53 Å². The highest BCUT2D eigenvalue weighted by Crippen LogP contribution is 2.24. The van der Waals surface area contributed by atoms with Crippen LogP contribution in [0.1, 0.15) is 35.3 Å². The van der Waals surface area contributed by atoms with Gasteiger partial charge in [-0.1, -0.05) is 0 Å². The molecule has 0 aromatic heterocycles. The van der Waals surface area contributed by atoms with Gasteiger partial charge in [0.05, 0.1) is 7.11 Å². The zero-order chi connectivity index (χ0) is 13.0. The lowest BCUT2D eigenvalue weighted by Gasteiger charge is -2.21. The predicted molar refractivity (Wildman–Crippen MR) is 69.7 cm³/mol. The summed E-state index contributed by atoms with van der Waals surface area (Å²) in [6.07, 6.45) is 0. The Bertz CT molecular complexity index is 409. The summed E-state index contributed by atoms with van der Waals surface area (Å²) in [6, 6.07) is 3.71. The molecule has 0 unspecified atom stereocenters. The zero-order valence-corrected chi connectivity index (χ0v) is 11.3. The van der Waals surface area contributed by atoms with Gasteiger partial charge in [-0.2, -0.15) is 0 Å². The molecule has 0 spiro atoms. The molecule has 0 aliphatic carbocycles. The van der Waals surface area contributed by atoms with E-state index >= 15 is 0 Å². The molecule has 1 rings (SSSR count). The minimum Gasteiger partial charge on any atom is -0.496 e. The van der Waals surface area contributed by atoms with Crippen LogP contribution in [0.15, 0.2) is 12.1 Å². The number of amides is 1. The first-order chi connectivity index (χ1) is 8.06. The highest BCUT2D eigenvalue weighted by molar-refractivity contribution is 5.96. The Hall–Kier alpha value is -1.51. The molecule has 0 saturated heterocycles. The van der Waals surface area contributed by atoms with Gasteiger partial charge in [0.25, 0.3) is 5.91 Å². The molecule has 0 heterocycles. The largest absolute Gasteiger partial charge is 0.496 e. The first-order valence-electron chi connectivity index (χ1n) is 6.00. The van der Waals surface area contributed by atoms with Crippen LogP contribution >= 0.6 is 0 Å². The summed E-state index contributed by atoms with van der Waals surface area (Å²) in [5.41, 5.74) is 2.80. The van der Waals surface area contributed by atoms with Crippen molar-refractivity contribution in [3.63, 3.8) is 0 Å². The maximum atomic E-state index is 12.3. The van der Waals surface area contributed by atoms with E-state index < -0.39 is 0 Å². The number of benzene rings is 1. The molecule has 1 aromatic rings. The van der Waals surface area contributed by atoms with Crippen LogP contribution < -0.4 is 4.74 Å². The van der Waals surface area contributed by atoms with Crippen LogP contribution in [-0.2, 0) is 0 Å². The van der Waals surface area contributed by atoms with Crippen molar-refractivity contribution in [1.29, 1.82) is 0 Å². The summed E-state index contributed by atoms with van der Waals surface area (Å²) in [6.45, 7) is 9.40. The second-order valence-electron chi connectivity index (χ2n) is 4.04. The summed E-state index contributed by atoms with van der Waals surface area (Å²) >= 11 is 0. The van der Waals surface area contributed by atoms with Gasteiger partial charge in [0.2, 0.25) is 0 Å². The molecule has 3 heteroatoms. The Morgan fingerprint density at radius 3 is 2.24 bits per heavy atom. The fraction of sp³-hybridized carbons (Fsp3) is 0.500. The molecule has 1 amide bonds. The van der Waals surface area contributed by atoms with E-state index in [9.17, 15) is 4.79 Å². The van der Waals surface area contributed by atoms with E-state index in [0.717, 1.165) is 35.5 Å². The number of carbonyl (C=O) groups excluding carboxylic acids is 1. The minimum atomic E-state index is 0.0956. The van der Waals surface area contributed by atoms with Gasteiger partial charge in [-0.3, -0.25) is 4.79 Å². The Kier molecular flexibility index (Phi) is 4.55. The SMILES string of the molecule is CCN(CC)C(=O)c1ccc(OC)c(C)c1C. The van der Waals surface area contributed by atoms with Crippen LogP contribution in [0.25, 0.3) is 0 Å². The van der Waals surface area contributed by atoms with Crippen LogP contribution in [0.2, 0.25) is 0 Å². The van der Waals surface area contributed by atoms with E-state index in [1.165, 1.54) is 0 Å². The third-order valence-corrected chi connectivity index (χ3v) is 3.24. The van der Waals surface area contributed by atoms with Crippen molar-refractivity contribution in [3.05, 3.63) is 28.8 Å². The first kappa shape index (κ1) is 13.6. The quantitative estimate of drug-likeness (QED) is 0.803. The van der Waals surface area contributed by atoms with Crippen LogP contribution in [0.3, 0.4) is 0 Å². The number of carbonyl (C=O) groups is 1. The minimum absolute atomic E-state index is 0.0956. The molecule has 17 heavy (non-hydrogen) atoms. The molecule has 0 N–H and O–H groups in total. The summed E-state index contributed by atoms with van der Waals surface area (Å²) in [5.74, 6) is 0.928. The van der Waals surface area contributed by atoms with Gasteiger partial charge in [-0.15, -0.1) is 0 Å². The lowest BCUT2D eigenvalue weighted by molar-refractivity contribution is 0.0772. The third kappa shape index (κ3) is 2.60. The third-order valence-electron chi connectivity index (χ3n) is 3.24. The van der Waals surface area contributed by atoms with Crippen LogP contribution in [0, 0.1) is 13.8 Å². The predicted octanol–water partition coefficient (Wildman–Crippen LogP) is 2.79. The number of rotatable bonds is 4. The first-order valence-corrected chi connectivity index (χ1v) is 6.00. The number of ether oxygens (including phenoxy) is 1. The second-order valence-corrected chi connectivity index (χ2v) is 4.04. The van der Waals surface area contributed by atoms with Crippen molar-refractivity contribution in [2.24, 2.45) is 0 Å². The molecule has 0 radical (unpaired) electrons. The monoisotopic (exact) mass is 235 g/mol. The Morgan fingerprint density at radius 1 is 1.18 bits per heavy atom. The highest BCUT2D eigenvalue weighted by Gasteiger charge is 2.17. The maximum absolute atomic E-state index is 12.3. The number of hydrogen-bond acceptors (Lipinski definition) is 2. The van der Waals surface area contributed by atoms with Crippen LogP contribution in [0.4, 0.5) is 0 Å². The molecule has 0 bridgehead atoms. The van der Waals surface area contributed by atoms with E-state index in [0.29, 0.717) is 0 Å². The molecule has 0 aliphatic rings. The molecule has 1 aromatic carbocycles. The van der Waals surface area contributed by atoms with E-state index in [1.54, 1.807) is 7.11 Å². The summed E-state index contributed by atoms with van der Waals surface area (Å²) in [4.78, 5) is 14.1. The van der Waals surface area contributed by atoms with Gasteiger partial charge in [0.15, 0.2) is 0 Å². The van der Waals surface area contributed by atoms with E-state index in [1.807, 2.05) is 44.7 Å². The number of methoxy groups -OCH3 is 1. The van der Waals surface area contributed by atoms with Crippen LogP contribution in [0.5, 0.6) is 5.75 Å². The van der Waals surface area contributed by atoms with Crippen molar-refractivity contribution in [2.75, 3.05) is 20.2 Å². The van der Waals surface area contributed by atoms with Gasteiger partial charge < -0.3 is 9.64 Å². The van der Waals surface area contributed by atoms with E-state index in [4.69, 9.17) is 4.74 Å². The van der Waals surface area contributed by atoms with Gasteiger partial charge in [-0.25, -0.2) is 0 Å². The Labute approximate surface area is 103 Å². The normalized spacial score (nSPS) is 10.2. The standard InChI is InChI=1S/C14H21NO2/c1-6-15(7-2)14(16)12-8-9-13(17-5)11(4)10(12)3/h8-9H,6-7H2,1-5H3. The summed E-state index contributed by atoms with van der Waals surface area (Å²) in [5, 5.41) is 0. The Balaban J connectivity index is 3.15. The van der Waals surface area contributed by atoms with Crippen LogP contribution in [-0.4, -0.2) is 31.0 Å². The van der Waals surface area contributed by atoms with Crippen molar-refractivity contribution in [2.45, 2.75) is 27.7 Å². The molecule has 94 valence electrons. The molecule has 0 aliphatic heterocycles.